The van der Waals surface area contributed by atoms with E-state index in [0.717, 1.165) is 17.4 Å². The van der Waals surface area contributed by atoms with Crippen LogP contribution in [-0.4, -0.2) is 34.7 Å². The van der Waals surface area contributed by atoms with Gasteiger partial charge in [-0.1, -0.05) is 11.3 Å². The SMILES string of the molecule is O=C(O)/C=C/c1cnc(NS(=O)(=O)c2cn[nH]c2)s1. The summed E-state index contributed by atoms with van der Waals surface area (Å²) in [7, 11) is -3.72. The van der Waals surface area contributed by atoms with E-state index in [9.17, 15) is 13.2 Å². The second-order valence-corrected chi connectivity index (χ2v) is 6.02. The first-order valence-corrected chi connectivity index (χ1v) is 7.16. The highest BCUT2D eigenvalue weighted by molar-refractivity contribution is 7.93. The predicted molar refractivity (Wildman–Crippen MR) is 68.2 cm³/mol. The van der Waals surface area contributed by atoms with Crippen molar-refractivity contribution in [2.24, 2.45) is 0 Å². The largest absolute Gasteiger partial charge is 0.478 e. The van der Waals surface area contributed by atoms with E-state index in [2.05, 4.69) is 19.9 Å². The molecule has 2 heterocycles. The lowest BCUT2D eigenvalue weighted by molar-refractivity contribution is -0.131. The Hall–Kier alpha value is -2.20. The number of aromatic nitrogens is 3. The number of nitrogens with zero attached hydrogens (tertiary/aromatic N) is 2. The van der Waals surface area contributed by atoms with Gasteiger partial charge in [0.2, 0.25) is 0 Å². The first-order valence-electron chi connectivity index (χ1n) is 4.86. The highest BCUT2D eigenvalue weighted by atomic mass is 32.2. The fourth-order valence-corrected chi connectivity index (χ4v) is 2.99. The summed E-state index contributed by atoms with van der Waals surface area (Å²) in [5.74, 6) is -1.09. The summed E-state index contributed by atoms with van der Waals surface area (Å²) in [5, 5.41) is 14.6. The summed E-state index contributed by atoms with van der Waals surface area (Å²) in [6, 6.07) is 0. The van der Waals surface area contributed by atoms with Crippen molar-refractivity contribution >= 4 is 38.5 Å². The average Bonchev–Trinajstić information content (AvgIpc) is 2.96. The number of rotatable bonds is 5. The van der Waals surface area contributed by atoms with Gasteiger partial charge in [0, 0.05) is 23.3 Å². The lowest BCUT2D eigenvalue weighted by Gasteiger charge is -2.00. The number of sulfonamides is 1. The van der Waals surface area contributed by atoms with Gasteiger partial charge in [-0.05, 0) is 6.08 Å². The standard InChI is InChI=1S/C9H8N4O4S2/c14-8(15)2-1-6-3-10-9(18-6)13-19(16,17)7-4-11-12-5-7/h1-5H,(H,10,13)(H,11,12)(H,14,15)/b2-1+. The van der Waals surface area contributed by atoms with Crippen LogP contribution in [0.2, 0.25) is 0 Å². The van der Waals surface area contributed by atoms with Crippen molar-refractivity contribution in [3.63, 3.8) is 0 Å². The molecule has 2 rings (SSSR count). The molecule has 0 aromatic carbocycles. The summed E-state index contributed by atoms with van der Waals surface area (Å²) >= 11 is 1.02. The highest BCUT2D eigenvalue weighted by Gasteiger charge is 2.16. The van der Waals surface area contributed by atoms with E-state index in [1.54, 1.807) is 0 Å². The number of carboxylic acid groups (broad SMARTS) is 1. The number of hydrogen-bond acceptors (Lipinski definition) is 6. The molecule has 0 radical (unpaired) electrons. The van der Waals surface area contributed by atoms with Crippen molar-refractivity contribution < 1.29 is 18.3 Å². The number of thiazole rings is 1. The minimum absolute atomic E-state index is 0.00896. The van der Waals surface area contributed by atoms with Crippen LogP contribution < -0.4 is 4.72 Å². The van der Waals surface area contributed by atoms with E-state index in [1.165, 1.54) is 24.7 Å². The van der Waals surface area contributed by atoms with Crippen LogP contribution in [0, 0.1) is 0 Å². The van der Waals surface area contributed by atoms with Crippen molar-refractivity contribution in [1.29, 1.82) is 0 Å². The van der Waals surface area contributed by atoms with Crippen LogP contribution >= 0.6 is 11.3 Å². The Labute approximate surface area is 111 Å². The highest BCUT2D eigenvalue weighted by Crippen LogP contribution is 2.22. The Bertz CT molecular complexity index is 702. The van der Waals surface area contributed by atoms with E-state index >= 15 is 0 Å². The first-order chi connectivity index (χ1) is 8.97. The second kappa shape index (κ2) is 5.20. The maximum atomic E-state index is 11.8. The molecule has 8 nitrogen and oxygen atoms in total. The number of hydrogen-bond donors (Lipinski definition) is 3. The quantitative estimate of drug-likeness (QED) is 0.700. The molecule has 3 N–H and O–H groups in total. The third kappa shape index (κ3) is 3.39. The van der Waals surface area contributed by atoms with Crippen molar-refractivity contribution in [3.8, 4) is 0 Å². The Balaban J connectivity index is 2.15. The number of carbonyl (C=O) groups is 1. The molecule has 0 fully saturated rings. The Morgan fingerprint density at radius 3 is 2.89 bits per heavy atom. The van der Waals surface area contributed by atoms with Gasteiger partial charge in [0.05, 0.1) is 6.20 Å². The molecule has 0 atom stereocenters. The first kappa shape index (κ1) is 13.2. The van der Waals surface area contributed by atoms with Crippen LogP contribution in [0.25, 0.3) is 6.08 Å². The predicted octanol–water partition coefficient (Wildman–Crippen LogP) is 0.765. The number of aromatic amines is 1. The molecule has 0 saturated heterocycles. The van der Waals surface area contributed by atoms with Gasteiger partial charge in [-0.15, -0.1) is 0 Å². The summed E-state index contributed by atoms with van der Waals surface area (Å²) in [5.41, 5.74) is 0. The number of anilines is 1. The van der Waals surface area contributed by atoms with Gasteiger partial charge in [-0.3, -0.25) is 9.82 Å². The number of aliphatic carboxylic acids is 1. The maximum absolute atomic E-state index is 11.8. The van der Waals surface area contributed by atoms with E-state index in [1.807, 2.05) is 0 Å². The zero-order valence-corrected chi connectivity index (χ0v) is 10.9. The molecular weight excluding hydrogens is 292 g/mol. The molecule has 19 heavy (non-hydrogen) atoms. The molecule has 10 heteroatoms. The Morgan fingerprint density at radius 2 is 2.26 bits per heavy atom. The van der Waals surface area contributed by atoms with Crippen molar-refractivity contribution in [2.45, 2.75) is 4.90 Å². The van der Waals surface area contributed by atoms with Crippen molar-refractivity contribution in [1.82, 2.24) is 15.2 Å². The molecule has 0 aliphatic rings. The van der Waals surface area contributed by atoms with E-state index in [-0.39, 0.29) is 10.0 Å². The summed E-state index contributed by atoms with van der Waals surface area (Å²) < 4.78 is 25.9. The van der Waals surface area contributed by atoms with Gasteiger partial charge >= 0.3 is 5.97 Å². The molecule has 0 spiro atoms. The minimum atomic E-state index is -3.72. The molecule has 2 aromatic heterocycles. The third-order valence-electron chi connectivity index (χ3n) is 1.92. The summed E-state index contributed by atoms with van der Waals surface area (Å²) in [6.07, 6.45) is 6.05. The van der Waals surface area contributed by atoms with Gasteiger partial charge in [0.15, 0.2) is 5.13 Å². The Morgan fingerprint density at radius 1 is 1.47 bits per heavy atom. The van der Waals surface area contributed by atoms with Gasteiger partial charge < -0.3 is 5.11 Å². The molecule has 0 aliphatic carbocycles. The lowest BCUT2D eigenvalue weighted by Crippen LogP contribution is -2.11. The van der Waals surface area contributed by atoms with Crippen LogP contribution in [0.4, 0.5) is 5.13 Å². The zero-order valence-electron chi connectivity index (χ0n) is 9.27. The second-order valence-electron chi connectivity index (χ2n) is 3.28. The molecule has 0 unspecified atom stereocenters. The zero-order chi connectivity index (χ0) is 13.9. The molecule has 2 aromatic rings. The molecule has 100 valence electrons. The molecule has 0 aliphatic heterocycles. The fourth-order valence-electron chi connectivity index (χ4n) is 1.12. The van der Waals surface area contributed by atoms with Gasteiger partial charge in [-0.25, -0.2) is 18.2 Å². The van der Waals surface area contributed by atoms with Gasteiger partial charge in [-0.2, -0.15) is 5.10 Å². The van der Waals surface area contributed by atoms with Crippen LogP contribution in [-0.2, 0) is 14.8 Å². The normalized spacial score (nSPS) is 11.8. The molecule has 0 saturated carbocycles. The third-order valence-corrected chi connectivity index (χ3v) is 4.23. The van der Waals surface area contributed by atoms with E-state index in [4.69, 9.17) is 5.11 Å². The summed E-state index contributed by atoms with van der Waals surface area (Å²) in [6.45, 7) is 0. The Kier molecular flexibility index (Phi) is 3.62. The van der Waals surface area contributed by atoms with E-state index in [0.29, 0.717) is 4.88 Å². The topological polar surface area (TPSA) is 125 Å². The van der Waals surface area contributed by atoms with Crippen LogP contribution in [0.5, 0.6) is 0 Å². The van der Waals surface area contributed by atoms with Gasteiger partial charge in [0.25, 0.3) is 10.0 Å². The number of carboxylic acids is 1. The van der Waals surface area contributed by atoms with E-state index < -0.39 is 16.0 Å². The molecule has 0 bridgehead atoms. The summed E-state index contributed by atoms with van der Waals surface area (Å²) in [4.78, 5) is 14.7. The smallest absolute Gasteiger partial charge is 0.328 e. The van der Waals surface area contributed by atoms with Crippen LogP contribution in [0.1, 0.15) is 4.88 Å². The van der Waals surface area contributed by atoms with Crippen molar-refractivity contribution in [2.75, 3.05) is 4.72 Å². The fraction of sp³-hybridized carbons (Fsp3) is 0. The number of nitrogens with one attached hydrogen (secondary N) is 2. The number of H-pyrrole nitrogens is 1. The van der Waals surface area contributed by atoms with Crippen LogP contribution in [0.3, 0.4) is 0 Å². The monoisotopic (exact) mass is 300 g/mol. The van der Waals surface area contributed by atoms with Crippen LogP contribution in [0.15, 0.2) is 29.6 Å². The maximum Gasteiger partial charge on any atom is 0.328 e. The minimum Gasteiger partial charge on any atom is -0.478 e. The molecule has 0 amide bonds. The van der Waals surface area contributed by atoms with Crippen molar-refractivity contribution in [3.05, 3.63) is 29.5 Å². The molecular formula is C9H8N4O4S2. The average molecular weight is 300 g/mol. The van der Waals surface area contributed by atoms with Gasteiger partial charge in [0.1, 0.15) is 4.90 Å². The lowest BCUT2D eigenvalue weighted by atomic mass is 10.4.